The van der Waals surface area contributed by atoms with E-state index in [0.29, 0.717) is 12.4 Å². The highest BCUT2D eigenvalue weighted by Crippen LogP contribution is 2.39. The van der Waals surface area contributed by atoms with Gasteiger partial charge in [0.1, 0.15) is 22.5 Å². The molecule has 36 heavy (non-hydrogen) atoms. The second-order valence-electron chi connectivity index (χ2n) is 9.91. The van der Waals surface area contributed by atoms with Gasteiger partial charge >= 0.3 is 5.97 Å². The van der Waals surface area contributed by atoms with E-state index in [9.17, 15) is 4.79 Å². The Morgan fingerprint density at radius 1 is 1.19 bits per heavy atom. The number of fused-ring (bicyclic) bond motifs is 3. The van der Waals surface area contributed by atoms with Crippen molar-refractivity contribution in [1.82, 2.24) is 20.2 Å². The Kier molecular flexibility index (Phi) is 7.54. The third-order valence-electron chi connectivity index (χ3n) is 5.94. The number of nitrogens with one attached hydrogen (secondary N) is 1. The maximum absolute atomic E-state index is 12.8. The highest BCUT2D eigenvalue weighted by molar-refractivity contribution is 7.15. The van der Waals surface area contributed by atoms with Gasteiger partial charge in [-0.15, -0.1) is 21.5 Å². The fourth-order valence-corrected chi connectivity index (χ4v) is 5.40. The first-order chi connectivity index (χ1) is 17.1. The van der Waals surface area contributed by atoms with Gasteiger partial charge in [-0.25, -0.2) is 5.48 Å². The van der Waals surface area contributed by atoms with E-state index in [1.54, 1.807) is 11.3 Å². The van der Waals surface area contributed by atoms with Crippen LogP contribution in [0.4, 0.5) is 0 Å². The van der Waals surface area contributed by atoms with Gasteiger partial charge in [-0.05, 0) is 59.1 Å². The van der Waals surface area contributed by atoms with Crippen LogP contribution in [0.1, 0.15) is 78.4 Å². The second-order valence-corrected chi connectivity index (χ2v) is 11.1. The molecule has 2 N–H and O–H groups in total. The lowest BCUT2D eigenvalue weighted by atomic mass is 9.98. The smallest absolute Gasteiger partial charge is 0.308 e. The van der Waals surface area contributed by atoms with E-state index >= 15 is 0 Å². The summed E-state index contributed by atoms with van der Waals surface area (Å²) in [4.78, 5) is 19.2. The molecule has 1 aromatic carbocycles. The molecule has 0 saturated heterocycles. The van der Waals surface area contributed by atoms with E-state index in [1.165, 1.54) is 4.88 Å². The van der Waals surface area contributed by atoms with Gasteiger partial charge in [0, 0.05) is 22.5 Å². The van der Waals surface area contributed by atoms with Crippen molar-refractivity contribution in [3.63, 3.8) is 0 Å². The Bertz CT molecular complexity index is 1310. The predicted molar refractivity (Wildman–Crippen MR) is 142 cm³/mol. The first kappa shape index (κ1) is 25.9. The molecule has 0 saturated carbocycles. The number of hydroxylamine groups is 1. The van der Waals surface area contributed by atoms with Crippen LogP contribution in [0.15, 0.2) is 35.3 Å². The summed E-state index contributed by atoms with van der Waals surface area (Å²) >= 11 is 1.69. The number of esters is 1. The molecule has 3 heterocycles. The Labute approximate surface area is 215 Å². The predicted octanol–water partition coefficient (Wildman–Crippen LogP) is 5.26. The molecule has 0 fully saturated rings. The number of carbonyl (C=O) groups excluding carboxylic acids is 1. The van der Waals surface area contributed by atoms with Crippen molar-refractivity contribution in [3.05, 3.63) is 69.1 Å². The van der Waals surface area contributed by atoms with E-state index < -0.39 is 11.6 Å². The van der Waals surface area contributed by atoms with E-state index in [2.05, 4.69) is 41.7 Å². The van der Waals surface area contributed by atoms with E-state index in [0.717, 1.165) is 45.2 Å². The number of ether oxygens (including phenoxy) is 1. The minimum atomic E-state index is -0.583. The Morgan fingerprint density at radius 3 is 2.58 bits per heavy atom. The largest absolute Gasteiger partial charge is 0.460 e. The summed E-state index contributed by atoms with van der Waals surface area (Å²) in [7, 11) is 0. The van der Waals surface area contributed by atoms with Crippen molar-refractivity contribution < 1.29 is 14.7 Å². The normalized spacial score (nSPS) is 15.4. The number of carbonyl (C=O) groups is 1. The molecular formula is C27H33N5O3S. The quantitative estimate of drug-likeness (QED) is 0.257. The van der Waals surface area contributed by atoms with Crippen molar-refractivity contribution in [2.45, 2.75) is 66.0 Å². The molecular weight excluding hydrogens is 474 g/mol. The number of aliphatic imine (C=N–C) groups is 1. The van der Waals surface area contributed by atoms with Crippen LogP contribution in [0.25, 0.3) is 11.1 Å². The van der Waals surface area contributed by atoms with Crippen LogP contribution in [0.2, 0.25) is 0 Å². The summed E-state index contributed by atoms with van der Waals surface area (Å²) in [5, 5.41) is 18.5. The Hall–Kier alpha value is -3.14. The molecule has 9 heteroatoms. The molecule has 0 spiro atoms. The zero-order chi connectivity index (χ0) is 26.0. The summed E-state index contributed by atoms with van der Waals surface area (Å²) in [5.41, 5.74) is 6.65. The fraction of sp³-hybridized carbons (Fsp3) is 0.407. The van der Waals surface area contributed by atoms with Crippen molar-refractivity contribution in [2.24, 2.45) is 4.99 Å². The molecule has 2 aromatic heterocycles. The van der Waals surface area contributed by atoms with Gasteiger partial charge < -0.3 is 9.94 Å². The molecule has 190 valence electrons. The van der Waals surface area contributed by atoms with Crippen LogP contribution in [0.3, 0.4) is 0 Å². The Balaban J connectivity index is 1.80. The maximum atomic E-state index is 12.8. The number of nitrogens with zero attached hydrogens (tertiary/aromatic N) is 4. The first-order valence-electron chi connectivity index (χ1n) is 12.0. The molecule has 0 radical (unpaired) electrons. The molecule has 4 rings (SSSR count). The van der Waals surface area contributed by atoms with Crippen LogP contribution in [-0.2, 0) is 9.53 Å². The van der Waals surface area contributed by atoms with Crippen molar-refractivity contribution in [3.8, 4) is 5.00 Å². The van der Waals surface area contributed by atoms with Gasteiger partial charge in [0.25, 0.3) is 0 Å². The standard InChI is InChI=1S/C27H33N5O3S/c1-16-17(2)36-26-23(16)24(20-12-10-19(11-13-20)9-7-8-14-28-34)29-21(15-22(33)35-27(4,5)6)25-31-30-18(3)32(25)26/h7,9-13,21,28,34H,8,14-15H2,1-6H3/b9-7+/t21-/m1/s1. The lowest BCUT2D eigenvalue weighted by Gasteiger charge is -2.21. The monoisotopic (exact) mass is 507 g/mol. The second kappa shape index (κ2) is 10.5. The minimum Gasteiger partial charge on any atom is -0.460 e. The maximum Gasteiger partial charge on any atom is 0.308 e. The number of thiophene rings is 1. The van der Waals surface area contributed by atoms with E-state index in [-0.39, 0.29) is 12.4 Å². The number of benzene rings is 1. The zero-order valence-corrected chi connectivity index (χ0v) is 22.4. The summed E-state index contributed by atoms with van der Waals surface area (Å²) in [6.45, 7) is 12.2. The fourth-order valence-electron chi connectivity index (χ4n) is 4.19. The topological polar surface area (TPSA) is 102 Å². The highest BCUT2D eigenvalue weighted by Gasteiger charge is 2.33. The van der Waals surface area contributed by atoms with E-state index in [1.807, 2.05) is 56.5 Å². The van der Waals surface area contributed by atoms with Crippen molar-refractivity contribution >= 4 is 29.1 Å². The molecule has 3 aromatic rings. The highest BCUT2D eigenvalue weighted by atomic mass is 32.1. The average Bonchev–Trinajstić information content (AvgIpc) is 3.28. The van der Waals surface area contributed by atoms with Crippen molar-refractivity contribution in [1.29, 1.82) is 0 Å². The van der Waals surface area contributed by atoms with Crippen LogP contribution in [0.5, 0.6) is 0 Å². The molecule has 0 bridgehead atoms. The number of aryl methyl sites for hydroxylation is 2. The third kappa shape index (κ3) is 5.48. The van der Waals surface area contributed by atoms with Gasteiger partial charge in [-0.3, -0.25) is 14.4 Å². The molecule has 1 atom stereocenters. The van der Waals surface area contributed by atoms with Gasteiger partial charge in [-0.2, -0.15) is 0 Å². The number of aromatic nitrogens is 3. The zero-order valence-electron chi connectivity index (χ0n) is 21.6. The number of rotatable bonds is 7. The van der Waals surface area contributed by atoms with Gasteiger partial charge in [0.2, 0.25) is 0 Å². The third-order valence-corrected chi connectivity index (χ3v) is 7.13. The lowest BCUT2D eigenvalue weighted by molar-refractivity contribution is -0.155. The van der Waals surface area contributed by atoms with Gasteiger partial charge in [0.05, 0.1) is 12.1 Å². The van der Waals surface area contributed by atoms with E-state index in [4.69, 9.17) is 14.9 Å². The van der Waals surface area contributed by atoms with Crippen LogP contribution in [-0.4, -0.2) is 43.8 Å². The summed E-state index contributed by atoms with van der Waals surface area (Å²) < 4.78 is 7.66. The lowest BCUT2D eigenvalue weighted by Crippen LogP contribution is -2.25. The molecule has 0 unspecified atom stereocenters. The summed E-state index contributed by atoms with van der Waals surface area (Å²) in [6, 6.07) is 7.69. The first-order valence-corrected chi connectivity index (χ1v) is 12.9. The minimum absolute atomic E-state index is 0.0750. The molecule has 0 amide bonds. The van der Waals surface area contributed by atoms with Crippen LogP contribution < -0.4 is 5.48 Å². The summed E-state index contributed by atoms with van der Waals surface area (Å²) in [6.07, 6.45) is 4.84. The average molecular weight is 508 g/mol. The number of hydrogen-bond acceptors (Lipinski definition) is 8. The summed E-state index contributed by atoms with van der Waals surface area (Å²) in [5.74, 6) is 1.09. The SMILES string of the molecule is Cc1sc2c(c1C)C(c1ccc(/C=C/CCNO)cc1)=N[C@H](CC(=O)OC(C)(C)C)c1nnc(C)n1-2. The van der Waals surface area contributed by atoms with Crippen molar-refractivity contribution in [2.75, 3.05) is 6.54 Å². The molecule has 1 aliphatic heterocycles. The number of hydrogen-bond donors (Lipinski definition) is 2. The van der Waals surface area contributed by atoms with Crippen LogP contribution in [0, 0.1) is 20.8 Å². The van der Waals surface area contributed by atoms with Crippen LogP contribution >= 0.6 is 11.3 Å². The molecule has 8 nitrogen and oxygen atoms in total. The molecule has 0 aliphatic carbocycles. The Morgan fingerprint density at radius 2 is 1.92 bits per heavy atom. The molecule has 1 aliphatic rings. The van der Waals surface area contributed by atoms with Gasteiger partial charge in [0.15, 0.2) is 5.82 Å². The van der Waals surface area contributed by atoms with Gasteiger partial charge in [-0.1, -0.05) is 36.4 Å².